The molecule has 9 heteroatoms. The van der Waals surface area contributed by atoms with Gasteiger partial charge < -0.3 is 14.5 Å². The second kappa shape index (κ2) is 9.34. The molecule has 9 rings (SSSR count). The molecule has 224 valence electrons. The van der Waals surface area contributed by atoms with Crippen LogP contribution in [0.3, 0.4) is 0 Å². The molecule has 43 heavy (non-hydrogen) atoms. The van der Waals surface area contributed by atoms with Gasteiger partial charge in [0.2, 0.25) is 5.91 Å². The molecule has 0 N–H and O–H groups in total. The second-order valence-electron chi connectivity index (χ2n) is 13.8. The molecule has 0 aromatic heterocycles. The molecule has 0 spiro atoms. The fourth-order valence-electron chi connectivity index (χ4n) is 9.50. The molecular formula is C34H37F2N5O2. The molecule has 5 fully saturated rings. The molecule has 1 aromatic carbocycles. The number of carbonyl (C=O) groups excluding carboxylic acids is 1. The Morgan fingerprint density at radius 1 is 1.16 bits per heavy atom. The van der Waals surface area contributed by atoms with Crippen LogP contribution in [-0.2, 0) is 16.0 Å². The van der Waals surface area contributed by atoms with Gasteiger partial charge in [0.1, 0.15) is 30.1 Å². The minimum Gasteiger partial charge on any atom is -0.462 e. The number of benzene rings is 1. The van der Waals surface area contributed by atoms with Gasteiger partial charge in [0, 0.05) is 13.1 Å². The van der Waals surface area contributed by atoms with Crippen LogP contribution in [0.2, 0.25) is 0 Å². The number of allylic oxidation sites excluding steroid dienone is 2. The van der Waals surface area contributed by atoms with E-state index in [0.717, 1.165) is 63.6 Å². The smallest absolute Gasteiger partial charge is 0.314 e. The molecule has 0 bridgehead atoms. The average Bonchev–Trinajstić information content (AvgIpc) is 3.29. The fourth-order valence-corrected chi connectivity index (χ4v) is 9.50. The molecule has 1 amide bonds. The van der Waals surface area contributed by atoms with Crippen molar-refractivity contribution in [2.45, 2.75) is 74.5 Å². The third kappa shape index (κ3) is 3.76. The van der Waals surface area contributed by atoms with Crippen LogP contribution in [0.5, 0.6) is 0 Å². The van der Waals surface area contributed by atoms with E-state index in [2.05, 4.69) is 22.4 Å². The number of fused-ring (bicyclic) bond motifs is 6. The number of hydrogen-bond acceptors (Lipinski definition) is 6. The molecule has 5 heterocycles. The summed E-state index contributed by atoms with van der Waals surface area (Å²) in [5.74, 6) is -0.205. The molecule has 3 aliphatic carbocycles. The lowest BCUT2D eigenvalue weighted by Crippen LogP contribution is -2.66. The first-order valence-corrected chi connectivity index (χ1v) is 16.1. The molecule has 8 aliphatic rings. The van der Waals surface area contributed by atoms with E-state index in [9.17, 15) is 4.79 Å². The van der Waals surface area contributed by atoms with E-state index in [-0.39, 0.29) is 35.1 Å². The number of rotatable bonds is 4. The zero-order valence-electron chi connectivity index (χ0n) is 24.4. The lowest BCUT2D eigenvalue weighted by Gasteiger charge is -2.50. The van der Waals surface area contributed by atoms with Crippen LogP contribution in [0.4, 0.5) is 8.78 Å². The topological polar surface area (TPSA) is 60.7 Å². The Balaban J connectivity index is 1.07. The summed E-state index contributed by atoms with van der Waals surface area (Å²) in [6.45, 7) is 7.50. The van der Waals surface area contributed by atoms with E-state index in [1.165, 1.54) is 17.7 Å². The monoisotopic (exact) mass is 585 g/mol. The number of hydrogen-bond donors (Lipinski definition) is 0. The summed E-state index contributed by atoms with van der Waals surface area (Å²) in [5, 5.41) is 0. The van der Waals surface area contributed by atoms with Crippen LogP contribution in [-0.4, -0.2) is 88.9 Å². The molecule has 6 atom stereocenters. The quantitative estimate of drug-likeness (QED) is 0.478. The first-order valence-electron chi connectivity index (χ1n) is 16.1. The van der Waals surface area contributed by atoms with Gasteiger partial charge in [-0.3, -0.25) is 9.69 Å². The Bertz CT molecular complexity index is 1550. The van der Waals surface area contributed by atoms with Crippen molar-refractivity contribution in [1.82, 2.24) is 14.7 Å². The van der Waals surface area contributed by atoms with E-state index in [1.807, 2.05) is 17.0 Å². The highest BCUT2D eigenvalue weighted by atomic mass is 19.1. The van der Waals surface area contributed by atoms with Gasteiger partial charge in [-0.2, -0.15) is 4.99 Å². The van der Waals surface area contributed by atoms with Crippen molar-refractivity contribution >= 4 is 23.3 Å². The van der Waals surface area contributed by atoms with Crippen molar-refractivity contribution in [3.8, 4) is 0 Å². The number of amides is 1. The van der Waals surface area contributed by atoms with Crippen LogP contribution >= 0.6 is 0 Å². The summed E-state index contributed by atoms with van der Waals surface area (Å²) in [6.07, 6.45) is 10.2. The molecule has 1 saturated carbocycles. The van der Waals surface area contributed by atoms with Gasteiger partial charge in [0.15, 0.2) is 0 Å². The van der Waals surface area contributed by atoms with E-state index < -0.39 is 23.6 Å². The first-order chi connectivity index (χ1) is 21.0. The predicted octanol–water partition coefficient (Wildman–Crippen LogP) is 4.76. The van der Waals surface area contributed by atoms with E-state index in [4.69, 9.17) is 14.7 Å². The van der Waals surface area contributed by atoms with E-state index >= 15 is 8.78 Å². The maximum Gasteiger partial charge on any atom is 0.314 e. The molecule has 4 unspecified atom stereocenters. The van der Waals surface area contributed by atoms with Crippen molar-refractivity contribution in [1.29, 1.82) is 0 Å². The minimum absolute atomic E-state index is 0.00256. The van der Waals surface area contributed by atoms with Crippen molar-refractivity contribution in [2.24, 2.45) is 21.8 Å². The maximum absolute atomic E-state index is 16.8. The van der Waals surface area contributed by atoms with Crippen LogP contribution in [0.1, 0.15) is 61.1 Å². The zero-order chi connectivity index (χ0) is 29.0. The van der Waals surface area contributed by atoms with E-state index in [1.54, 1.807) is 0 Å². The third-order valence-corrected chi connectivity index (χ3v) is 11.7. The van der Waals surface area contributed by atoms with Gasteiger partial charge in [-0.15, -0.1) is 0 Å². The first kappa shape index (κ1) is 26.1. The molecule has 4 saturated heterocycles. The SMILES string of the molecule is C=CC(=O)N1CC[C@@H]2[C@H]1CN2C1=NC(OCC23CCCN2CCC3)=NC2C(F)=C(c3cccc4c3C3CC3C4)C(F)=CC12. The minimum atomic E-state index is -0.934. The summed E-state index contributed by atoms with van der Waals surface area (Å²) in [7, 11) is 0. The normalized spacial score (nSPS) is 34.8. The largest absolute Gasteiger partial charge is 0.462 e. The number of carbonyl (C=O) groups is 1. The van der Waals surface area contributed by atoms with Gasteiger partial charge in [-0.1, -0.05) is 24.8 Å². The van der Waals surface area contributed by atoms with Crippen molar-refractivity contribution in [3.05, 3.63) is 65.3 Å². The number of amidine groups is 2. The average molecular weight is 586 g/mol. The maximum atomic E-state index is 16.8. The molecule has 7 nitrogen and oxygen atoms in total. The summed E-state index contributed by atoms with van der Waals surface area (Å²) in [6, 6.07) is 5.25. The number of aliphatic imine (C=N–C) groups is 2. The van der Waals surface area contributed by atoms with Crippen LogP contribution in [0, 0.1) is 11.8 Å². The van der Waals surface area contributed by atoms with Gasteiger partial charge >= 0.3 is 6.02 Å². The number of likely N-dealkylation sites (tertiary alicyclic amines) is 2. The van der Waals surface area contributed by atoms with Gasteiger partial charge in [-0.05, 0) is 98.7 Å². The Kier molecular flexibility index (Phi) is 5.67. The van der Waals surface area contributed by atoms with Gasteiger partial charge in [0.05, 0.1) is 29.1 Å². The molecule has 0 radical (unpaired) electrons. The van der Waals surface area contributed by atoms with Crippen LogP contribution in [0.15, 0.2) is 58.6 Å². The predicted molar refractivity (Wildman–Crippen MR) is 160 cm³/mol. The number of ether oxygens (including phenoxy) is 1. The molecule has 5 aliphatic heterocycles. The van der Waals surface area contributed by atoms with Crippen molar-refractivity contribution < 1.29 is 18.3 Å². The summed E-state index contributed by atoms with van der Waals surface area (Å²) in [5.41, 5.74) is 3.07. The van der Waals surface area contributed by atoms with E-state index in [0.29, 0.717) is 42.9 Å². The highest BCUT2D eigenvalue weighted by molar-refractivity contribution is 6.01. The van der Waals surface area contributed by atoms with Gasteiger partial charge in [0.25, 0.3) is 0 Å². The Morgan fingerprint density at radius 3 is 2.81 bits per heavy atom. The summed E-state index contributed by atoms with van der Waals surface area (Å²) >= 11 is 0. The lowest BCUT2D eigenvalue weighted by molar-refractivity contribution is -0.129. The molecule has 1 aromatic rings. The fraction of sp³-hybridized carbons (Fsp3) is 0.559. The Labute approximate surface area is 250 Å². The number of nitrogens with zero attached hydrogens (tertiary/aromatic N) is 5. The third-order valence-electron chi connectivity index (χ3n) is 11.7. The molecular weight excluding hydrogens is 548 g/mol. The standard InChI is InChI=1S/C34H37F2N5O2/c1-2-27(42)40-13-8-25-26(40)17-41(25)32-23-16-24(35)29(21-7-3-6-19-14-20-15-22(20)28(19)21)30(36)31(23)37-33(38-32)43-18-34-9-4-11-39(34)12-5-10-34/h2-3,6-7,16,20,22-23,25-26,31H,1,4-5,8-15,17-18H2/t20?,22?,23?,25-,26-,31?/m1/s1. The van der Waals surface area contributed by atoms with Crippen LogP contribution < -0.4 is 0 Å². The summed E-state index contributed by atoms with van der Waals surface area (Å²) < 4.78 is 39.3. The summed E-state index contributed by atoms with van der Waals surface area (Å²) in [4.78, 5) is 28.6. The van der Waals surface area contributed by atoms with Gasteiger partial charge in [-0.25, -0.2) is 13.8 Å². The Morgan fingerprint density at radius 2 is 2.00 bits per heavy atom. The van der Waals surface area contributed by atoms with Crippen molar-refractivity contribution in [3.63, 3.8) is 0 Å². The zero-order valence-corrected chi connectivity index (χ0v) is 24.4. The highest BCUT2D eigenvalue weighted by Gasteiger charge is 2.54. The van der Waals surface area contributed by atoms with Crippen molar-refractivity contribution in [2.75, 3.05) is 32.8 Å². The highest BCUT2D eigenvalue weighted by Crippen LogP contribution is 2.59. The Hall–Kier alpha value is -3.33. The number of halogens is 2. The lowest BCUT2D eigenvalue weighted by atomic mass is 9.82. The second-order valence-corrected chi connectivity index (χ2v) is 13.8. The van der Waals surface area contributed by atoms with Crippen LogP contribution in [0.25, 0.3) is 5.57 Å².